The predicted octanol–water partition coefficient (Wildman–Crippen LogP) is 4.08. The maximum absolute atomic E-state index is 10.4. The number of benzene rings is 1. The Balaban J connectivity index is 0.00000338. The lowest BCUT2D eigenvalue weighted by molar-refractivity contribution is 0.186. The quantitative estimate of drug-likeness (QED) is 0.350. The molecule has 1 aromatic heterocycles. The van der Waals surface area contributed by atoms with Crippen molar-refractivity contribution in [2.24, 2.45) is 12.0 Å². The molecule has 0 radical (unpaired) electrons. The summed E-state index contributed by atoms with van der Waals surface area (Å²) >= 11 is 12.2. The van der Waals surface area contributed by atoms with Crippen molar-refractivity contribution in [3.8, 4) is 0 Å². The van der Waals surface area contributed by atoms with Crippen molar-refractivity contribution < 1.29 is 5.11 Å². The third-order valence-electron chi connectivity index (χ3n) is 3.85. The lowest BCUT2D eigenvalue weighted by Crippen LogP contribution is -2.39. The lowest BCUT2D eigenvalue weighted by Gasteiger charge is -2.23. The summed E-state index contributed by atoms with van der Waals surface area (Å²) in [7, 11) is 3.91. The van der Waals surface area contributed by atoms with Crippen LogP contribution in [0.15, 0.2) is 41.5 Å². The fourth-order valence-corrected chi connectivity index (χ4v) is 3.06. The number of hydrogen-bond acceptors (Lipinski definition) is 2. The molecule has 0 fully saturated rings. The third-order valence-corrected chi connectivity index (χ3v) is 4.40. The number of nitrogens with zero attached hydrogens (tertiary/aromatic N) is 3. The minimum absolute atomic E-state index is 0. The van der Waals surface area contributed by atoms with Crippen LogP contribution >= 0.6 is 47.2 Å². The van der Waals surface area contributed by atoms with Crippen LogP contribution in [-0.4, -0.2) is 40.7 Å². The van der Waals surface area contributed by atoms with E-state index in [2.05, 4.69) is 10.3 Å². The molecule has 26 heavy (non-hydrogen) atoms. The Hall–Kier alpha value is -0.960. The van der Waals surface area contributed by atoms with Crippen molar-refractivity contribution in [2.45, 2.75) is 19.6 Å². The van der Waals surface area contributed by atoms with Crippen LogP contribution < -0.4 is 5.32 Å². The number of rotatable bonds is 6. The fraction of sp³-hybridized carbons (Fsp3) is 0.389. The van der Waals surface area contributed by atoms with E-state index >= 15 is 0 Å². The monoisotopic (exact) mass is 510 g/mol. The predicted molar refractivity (Wildman–Crippen MR) is 120 cm³/mol. The van der Waals surface area contributed by atoms with Crippen molar-refractivity contribution >= 4 is 53.1 Å². The second kappa shape index (κ2) is 11.0. The van der Waals surface area contributed by atoms with Crippen molar-refractivity contribution in [1.29, 1.82) is 0 Å². The van der Waals surface area contributed by atoms with Crippen LogP contribution in [-0.2, 0) is 13.6 Å². The Labute approximate surface area is 182 Å². The van der Waals surface area contributed by atoms with Crippen LogP contribution in [0.1, 0.15) is 24.3 Å². The van der Waals surface area contributed by atoms with Crippen molar-refractivity contribution in [1.82, 2.24) is 14.8 Å². The van der Waals surface area contributed by atoms with Gasteiger partial charge in [-0.25, -0.2) is 0 Å². The number of aromatic nitrogens is 1. The molecule has 0 spiro atoms. The topological polar surface area (TPSA) is 52.8 Å². The van der Waals surface area contributed by atoms with Gasteiger partial charge in [0.2, 0.25) is 0 Å². The van der Waals surface area contributed by atoms with E-state index in [1.807, 2.05) is 60.9 Å². The smallest absolute Gasteiger partial charge is 0.194 e. The molecule has 5 nitrogen and oxygen atoms in total. The molecular formula is C18H25Cl2IN4O. The van der Waals surface area contributed by atoms with Crippen LogP contribution in [0.2, 0.25) is 10.0 Å². The summed E-state index contributed by atoms with van der Waals surface area (Å²) in [5.74, 6) is 0.714. The second-order valence-electron chi connectivity index (χ2n) is 5.85. The Kier molecular flexibility index (Phi) is 9.78. The average Bonchev–Trinajstić information content (AvgIpc) is 2.88. The van der Waals surface area contributed by atoms with Gasteiger partial charge in [0.15, 0.2) is 5.96 Å². The Morgan fingerprint density at radius 3 is 2.62 bits per heavy atom. The third kappa shape index (κ3) is 6.33. The number of nitrogens with one attached hydrogen (secondary N) is 1. The minimum Gasteiger partial charge on any atom is -0.386 e. The van der Waals surface area contributed by atoms with E-state index in [4.69, 9.17) is 23.2 Å². The van der Waals surface area contributed by atoms with Crippen LogP contribution in [0.4, 0.5) is 0 Å². The number of aliphatic hydroxyl groups is 1. The van der Waals surface area contributed by atoms with Gasteiger partial charge >= 0.3 is 0 Å². The standard InChI is InChI=1S/C18H24Cl2N4O.HI/c1-4-21-18(24(3)12-14-9-13(19)11-23(14)2)22-10-17(25)15-7-5-6-8-16(15)20;/h5-9,11,17,25H,4,10,12H2,1-3H3,(H,21,22);1H. The molecule has 0 aliphatic carbocycles. The van der Waals surface area contributed by atoms with Crippen molar-refractivity contribution in [3.63, 3.8) is 0 Å². The van der Waals surface area contributed by atoms with Crippen LogP contribution in [0.3, 0.4) is 0 Å². The number of guanidine groups is 1. The summed E-state index contributed by atoms with van der Waals surface area (Å²) in [5, 5.41) is 14.9. The Morgan fingerprint density at radius 1 is 1.35 bits per heavy atom. The molecule has 0 aliphatic rings. The van der Waals surface area contributed by atoms with Gasteiger partial charge in [0.1, 0.15) is 6.10 Å². The molecule has 8 heteroatoms. The molecule has 0 bridgehead atoms. The molecule has 1 aromatic carbocycles. The molecule has 1 heterocycles. The highest BCUT2D eigenvalue weighted by molar-refractivity contribution is 14.0. The van der Waals surface area contributed by atoms with Crippen molar-refractivity contribution in [3.05, 3.63) is 57.8 Å². The number of aliphatic imine (C=N–C) groups is 1. The molecule has 0 aliphatic heterocycles. The lowest BCUT2D eigenvalue weighted by atomic mass is 10.1. The van der Waals surface area contributed by atoms with E-state index in [0.717, 1.165) is 12.2 Å². The van der Waals surface area contributed by atoms with E-state index < -0.39 is 6.10 Å². The summed E-state index contributed by atoms with van der Waals surface area (Å²) < 4.78 is 1.99. The molecule has 0 saturated heterocycles. The van der Waals surface area contributed by atoms with Gasteiger partial charge < -0.3 is 19.9 Å². The minimum atomic E-state index is -0.750. The van der Waals surface area contributed by atoms with Gasteiger partial charge in [-0.2, -0.15) is 0 Å². The Morgan fingerprint density at radius 2 is 2.04 bits per heavy atom. The molecule has 0 saturated carbocycles. The zero-order valence-electron chi connectivity index (χ0n) is 15.1. The molecule has 1 atom stereocenters. The van der Waals surface area contributed by atoms with Gasteiger partial charge in [-0.05, 0) is 19.1 Å². The first-order valence-electron chi connectivity index (χ1n) is 8.15. The summed E-state index contributed by atoms with van der Waals surface area (Å²) in [4.78, 5) is 6.54. The number of hydrogen-bond donors (Lipinski definition) is 2. The van der Waals surface area contributed by atoms with Gasteiger partial charge in [0.05, 0.1) is 18.1 Å². The summed E-state index contributed by atoms with van der Waals surface area (Å²) in [6.07, 6.45) is 1.12. The van der Waals surface area contributed by atoms with Gasteiger partial charge in [0.25, 0.3) is 0 Å². The zero-order chi connectivity index (χ0) is 18.4. The van der Waals surface area contributed by atoms with E-state index in [1.54, 1.807) is 6.07 Å². The zero-order valence-corrected chi connectivity index (χ0v) is 19.0. The Bertz CT molecular complexity index is 736. The summed E-state index contributed by atoms with van der Waals surface area (Å²) in [6.45, 7) is 3.62. The fourth-order valence-electron chi connectivity index (χ4n) is 2.53. The average molecular weight is 511 g/mol. The van der Waals surface area contributed by atoms with Gasteiger partial charge in [-0.15, -0.1) is 24.0 Å². The normalized spacial score (nSPS) is 12.5. The highest BCUT2D eigenvalue weighted by Gasteiger charge is 2.13. The van der Waals surface area contributed by atoms with Crippen LogP contribution in [0.5, 0.6) is 0 Å². The van der Waals surface area contributed by atoms with Gasteiger partial charge in [-0.3, -0.25) is 4.99 Å². The second-order valence-corrected chi connectivity index (χ2v) is 6.69. The maximum atomic E-state index is 10.4. The van der Waals surface area contributed by atoms with Gasteiger partial charge in [-0.1, -0.05) is 41.4 Å². The maximum Gasteiger partial charge on any atom is 0.194 e. The number of halogens is 3. The number of aryl methyl sites for hydroxylation is 1. The number of aliphatic hydroxyl groups excluding tert-OH is 1. The first kappa shape index (κ1) is 23.1. The SMILES string of the molecule is CCNC(=NCC(O)c1ccccc1Cl)N(C)Cc1cc(Cl)cn1C.I. The van der Waals surface area contributed by atoms with Crippen LogP contribution in [0.25, 0.3) is 0 Å². The van der Waals surface area contributed by atoms with E-state index in [-0.39, 0.29) is 30.5 Å². The molecule has 2 rings (SSSR count). The molecule has 144 valence electrons. The molecule has 1 unspecified atom stereocenters. The molecule has 2 N–H and O–H groups in total. The van der Waals surface area contributed by atoms with E-state index in [9.17, 15) is 5.11 Å². The first-order valence-corrected chi connectivity index (χ1v) is 8.90. The van der Waals surface area contributed by atoms with E-state index in [0.29, 0.717) is 28.1 Å². The molecular weight excluding hydrogens is 486 g/mol. The summed E-state index contributed by atoms with van der Waals surface area (Å²) in [6, 6.07) is 9.20. The van der Waals surface area contributed by atoms with Gasteiger partial charge in [0, 0.05) is 43.1 Å². The molecule has 2 aromatic rings. The van der Waals surface area contributed by atoms with E-state index in [1.165, 1.54) is 0 Å². The summed E-state index contributed by atoms with van der Waals surface area (Å²) in [5.41, 5.74) is 1.75. The highest BCUT2D eigenvalue weighted by Crippen LogP contribution is 2.22. The van der Waals surface area contributed by atoms with Crippen molar-refractivity contribution in [2.75, 3.05) is 20.1 Å². The van der Waals surface area contributed by atoms with Crippen LogP contribution in [0, 0.1) is 0 Å². The first-order chi connectivity index (χ1) is 11.9. The molecule has 0 amide bonds. The highest BCUT2D eigenvalue weighted by atomic mass is 127. The largest absolute Gasteiger partial charge is 0.386 e.